The van der Waals surface area contributed by atoms with Gasteiger partial charge in [0.2, 0.25) is 5.91 Å². The van der Waals surface area contributed by atoms with Gasteiger partial charge in [-0.3, -0.25) is 9.59 Å². The molecule has 0 bridgehead atoms. The number of carbonyl (C=O) groups excluding carboxylic acids is 2. The maximum absolute atomic E-state index is 13.1. The van der Waals surface area contributed by atoms with E-state index < -0.39 is 0 Å². The SMILES string of the molecule is Cc1ccc(-c2ccc3c(c2)C(=O)N(CCNC(=O)CC(C)(C)C)CCO3)cc1. The summed E-state index contributed by atoms with van der Waals surface area (Å²) >= 11 is 0. The van der Waals surface area contributed by atoms with E-state index in [-0.39, 0.29) is 17.2 Å². The normalized spacial score (nSPS) is 14.1. The Morgan fingerprint density at radius 3 is 2.48 bits per heavy atom. The number of rotatable bonds is 5. The zero-order chi connectivity index (χ0) is 21.0. The van der Waals surface area contributed by atoms with E-state index in [4.69, 9.17) is 4.74 Å². The first-order chi connectivity index (χ1) is 13.7. The molecule has 0 radical (unpaired) electrons. The molecule has 1 aliphatic heterocycles. The summed E-state index contributed by atoms with van der Waals surface area (Å²) < 4.78 is 5.80. The molecular weight excluding hydrogens is 364 g/mol. The maximum atomic E-state index is 13.1. The molecule has 2 amide bonds. The quantitative estimate of drug-likeness (QED) is 0.832. The summed E-state index contributed by atoms with van der Waals surface area (Å²) in [6.45, 7) is 10.00. The number of nitrogens with zero attached hydrogens (tertiary/aromatic N) is 1. The van der Waals surface area contributed by atoms with Crippen molar-refractivity contribution in [3.63, 3.8) is 0 Å². The van der Waals surface area contributed by atoms with E-state index in [1.54, 1.807) is 4.90 Å². The molecule has 0 saturated heterocycles. The van der Waals surface area contributed by atoms with E-state index in [9.17, 15) is 9.59 Å². The number of nitrogens with one attached hydrogen (secondary N) is 1. The van der Waals surface area contributed by atoms with Crippen LogP contribution in [-0.2, 0) is 4.79 Å². The van der Waals surface area contributed by atoms with Gasteiger partial charge >= 0.3 is 0 Å². The summed E-state index contributed by atoms with van der Waals surface area (Å²) in [6, 6.07) is 14.0. The average molecular weight is 395 g/mol. The number of carbonyl (C=O) groups is 2. The number of benzene rings is 2. The highest BCUT2D eigenvalue weighted by Crippen LogP contribution is 2.29. The first-order valence-corrected chi connectivity index (χ1v) is 10.1. The zero-order valence-electron chi connectivity index (χ0n) is 17.7. The van der Waals surface area contributed by atoms with Crippen LogP contribution in [0.4, 0.5) is 0 Å². The van der Waals surface area contributed by atoms with Crippen LogP contribution in [-0.4, -0.2) is 43.0 Å². The van der Waals surface area contributed by atoms with Gasteiger partial charge in [-0.1, -0.05) is 56.7 Å². The monoisotopic (exact) mass is 394 g/mol. The van der Waals surface area contributed by atoms with Crippen LogP contribution < -0.4 is 10.1 Å². The Balaban J connectivity index is 1.70. The van der Waals surface area contributed by atoms with E-state index in [1.807, 2.05) is 39.0 Å². The van der Waals surface area contributed by atoms with Gasteiger partial charge in [-0.25, -0.2) is 0 Å². The molecule has 2 aromatic carbocycles. The van der Waals surface area contributed by atoms with E-state index in [0.29, 0.717) is 44.0 Å². The molecule has 0 atom stereocenters. The molecule has 0 unspecified atom stereocenters. The van der Waals surface area contributed by atoms with E-state index in [2.05, 4.69) is 36.5 Å². The molecule has 1 heterocycles. The Hall–Kier alpha value is -2.82. The fraction of sp³-hybridized carbons (Fsp3) is 0.417. The van der Waals surface area contributed by atoms with Crippen LogP contribution in [0, 0.1) is 12.3 Å². The van der Waals surface area contributed by atoms with Gasteiger partial charge in [0, 0.05) is 19.5 Å². The predicted molar refractivity (Wildman–Crippen MR) is 115 cm³/mol. The smallest absolute Gasteiger partial charge is 0.257 e. The summed E-state index contributed by atoms with van der Waals surface area (Å²) in [5.41, 5.74) is 3.77. The lowest BCUT2D eigenvalue weighted by Crippen LogP contribution is -2.40. The molecule has 2 aromatic rings. The highest BCUT2D eigenvalue weighted by molar-refractivity contribution is 5.98. The van der Waals surface area contributed by atoms with E-state index in [1.165, 1.54) is 5.56 Å². The van der Waals surface area contributed by atoms with Crippen molar-refractivity contribution < 1.29 is 14.3 Å². The second-order valence-corrected chi connectivity index (χ2v) is 8.81. The van der Waals surface area contributed by atoms with Crippen molar-refractivity contribution in [2.75, 3.05) is 26.2 Å². The Morgan fingerprint density at radius 2 is 1.79 bits per heavy atom. The molecule has 3 rings (SSSR count). The van der Waals surface area contributed by atoms with Gasteiger partial charge in [-0.15, -0.1) is 0 Å². The van der Waals surface area contributed by atoms with Crippen LogP contribution in [0.5, 0.6) is 5.75 Å². The minimum absolute atomic E-state index is 0.0121. The van der Waals surface area contributed by atoms with Crippen molar-refractivity contribution in [3.8, 4) is 16.9 Å². The Morgan fingerprint density at radius 1 is 1.10 bits per heavy atom. The number of aryl methyl sites for hydroxylation is 1. The molecule has 5 heteroatoms. The molecule has 0 aliphatic carbocycles. The maximum Gasteiger partial charge on any atom is 0.257 e. The molecule has 154 valence electrons. The second kappa shape index (κ2) is 8.68. The van der Waals surface area contributed by atoms with Gasteiger partial charge in [0.05, 0.1) is 12.1 Å². The molecule has 0 saturated carbocycles. The molecule has 0 spiro atoms. The molecule has 5 nitrogen and oxygen atoms in total. The van der Waals surface area contributed by atoms with Crippen molar-refractivity contribution in [1.29, 1.82) is 0 Å². The number of hydrogen-bond acceptors (Lipinski definition) is 3. The van der Waals surface area contributed by atoms with Crippen LogP contribution in [0.1, 0.15) is 43.1 Å². The van der Waals surface area contributed by atoms with Crippen LogP contribution in [0.15, 0.2) is 42.5 Å². The number of ether oxygens (including phenoxy) is 1. The lowest BCUT2D eigenvalue weighted by molar-refractivity contribution is -0.122. The van der Waals surface area contributed by atoms with Crippen molar-refractivity contribution in [3.05, 3.63) is 53.6 Å². The van der Waals surface area contributed by atoms with E-state index >= 15 is 0 Å². The Kier molecular flexibility index (Phi) is 6.26. The first-order valence-electron chi connectivity index (χ1n) is 10.1. The average Bonchev–Trinajstić information content (AvgIpc) is 2.80. The summed E-state index contributed by atoms with van der Waals surface area (Å²) in [5.74, 6) is 0.569. The van der Waals surface area contributed by atoms with E-state index in [0.717, 1.165) is 11.1 Å². The third-order valence-corrected chi connectivity index (χ3v) is 4.90. The van der Waals surface area contributed by atoms with Crippen LogP contribution in [0.3, 0.4) is 0 Å². The number of fused-ring (bicyclic) bond motifs is 1. The lowest BCUT2D eigenvalue weighted by atomic mass is 9.92. The molecule has 29 heavy (non-hydrogen) atoms. The molecule has 0 fully saturated rings. The van der Waals surface area contributed by atoms with Gasteiger partial charge in [-0.2, -0.15) is 0 Å². The minimum atomic E-state index is -0.0588. The van der Waals surface area contributed by atoms with Crippen molar-refractivity contribution in [2.24, 2.45) is 5.41 Å². The summed E-state index contributed by atoms with van der Waals surface area (Å²) in [7, 11) is 0. The van der Waals surface area contributed by atoms with Crippen LogP contribution in [0.25, 0.3) is 11.1 Å². The zero-order valence-corrected chi connectivity index (χ0v) is 17.7. The molecule has 1 aliphatic rings. The second-order valence-electron chi connectivity index (χ2n) is 8.81. The van der Waals surface area contributed by atoms with Gasteiger partial charge in [0.1, 0.15) is 12.4 Å². The summed E-state index contributed by atoms with van der Waals surface area (Å²) in [6.07, 6.45) is 0.465. The van der Waals surface area contributed by atoms with Gasteiger partial charge in [0.25, 0.3) is 5.91 Å². The van der Waals surface area contributed by atoms with Crippen molar-refractivity contribution in [2.45, 2.75) is 34.1 Å². The highest BCUT2D eigenvalue weighted by Gasteiger charge is 2.24. The van der Waals surface area contributed by atoms with Crippen molar-refractivity contribution >= 4 is 11.8 Å². The highest BCUT2D eigenvalue weighted by atomic mass is 16.5. The fourth-order valence-electron chi connectivity index (χ4n) is 3.37. The topological polar surface area (TPSA) is 58.6 Å². The molecular formula is C24H30N2O3. The van der Waals surface area contributed by atoms with Gasteiger partial charge < -0.3 is 15.0 Å². The molecule has 0 aromatic heterocycles. The third kappa shape index (κ3) is 5.59. The lowest BCUT2D eigenvalue weighted by Gasteiger charge is -2.21. The standard InChI is InChI=1S/C24H30N2O3/c1-17-5-7-18(8-6-17)19-9-10-21-20(15-19)23(28)26(13-14-29-21)12-11-25-22(27)16-24(2,3)4/h5-10,15H,11-14,16H2,1-4H3,(H,25,27). The largest absolute Gasteiger partial charge is 0.491 e. The summed E-state index contributed by atoms with van der Waals surface area (Å²) in [5, 5.41) is 2.92. The molecule has 1 N–H and O–H groups in total. The Labute approximate surface area is 173 Å². The Bertz CT molecular complexity index is 882. The van der Waals surface area contributed by atoms with Gasteiger partial charge in [0.15, 0.2) is 0 Å². The minimum Gasteiger partial charge on any atom is -0.491 e. The third-order valence-electron chi connectivity index (χ3n) is 4.90. The predicted octanol–water partition coefficient (Wildman–Crippen LogP) is 4.05. The number of amides is 2. The van der Waals surface area contributed by atoms with Crippen molar-refractivity contribution in [1.82, 2.24) is 10.2 Å². The summed E-state index contributed by atoms with van der Waals surface area (Å²) in [4.78, 5) is 26.9. The van der Waals surface area contributed by atoms with Crippen LogP contribution >= 0.6 is 0 Å². The number of hydrogen-bond donors (Lipinski definition) is 1. The fourth-order valence-corrected chi connectivity index (χ4v) is 3.37. The first kappa shape index (κ1) is 20.9. The van der Waals surface area contributed by atoms with Gasteiger partial charge in [-0.05, 0) is 35.6 Å². The van der Waals surface area contributed by atoms with Crippen LogP contribution in [0.2, 0.25) is 0 Å².